The molecule has 1 unspecified atom stereocenters. The fourth-order valence-electron chi connectivity index (χ4n) is 1.17. The van der Waals surface area contributed by atoms with Crippen LogP contribution >= 0.6 is 0 Å². The van der Waals surface area contributed by atoms with Crippen molar-refractivity contribution in [3.63, 3.8) is 0 Å². The van der Waals surface area contributed by atoms with Crippen molar-refractivity contribution < 1.29 is 8.78 Å². The van der Waals surface area contributed by atoms with E-state index in [0.717, 1.165) is 18.1 Å². The lowest BCUT2D eigenvalue weighted by atomic mass is 10.1. The highest BCUT2D eigenvalue weighted by Gasteiger charge is 2.10. The Kier molecular flexibility index (Phi) is 12.8. The highest BCUT2D eigenvalue weighted by atomic mass is 19.1. The highest BCUT2D eigenvalue weighted by molar-refractivity contribution is 5.21. The van der Waals surface area contributed by atoms with E-state index in [9.17, 15) is 8.78 Å². The van der Waals surface area contributed by atoms with Gasteiger partial charge in [0, 0.05) is 0 Å². The van der Waals surface area contributed by atoms with E-state index in [1.165, 1.54) is 6.08 Å². The van der Waals surface area contributed by atoms with Crippen molar-refractivity contribution in [3.8, 4) is 0 Å². The Morgan fingerprint density at radius 2 is 1.80 bits per heavy atom. The normalized spacial score (nSPS) is 19.5. The third-order valence-electron chi connectivity index (χ3n) is 1.88. The fourth-order valence-corrected chi connectivity index (χ4v) is 1.17. The first kappa shape index (κ1) is 16.8. The molecular formula is C13H24F2. The summed E-state index contributed by atoms with van der Waals surface area (Å²) >= 11 is 0. The predicted molar refractivity (Wildman–Crippen MR) is 64.4 cm³/mol. The van der Waals surface area contributed by atoms with Crippen LogP contribution in [0, 0.1) is 0 Å². The lowest BCUT2D eigenvalue weighted by Crippen LogP contribution is -1.93. The molecule has 0 nitrogen and oxygen atoms in total. The summed E-state index contributed by atoms with van der Waals surface area (Å²) in [7, 11) is 0. The van der Waals surface area contributed by atoms with Crippen LogP contribution in [0.5, 0.6) is 0 Å². The summed E-state index contributed by atoms with van der Waals surface area (Å²) in [6, 6.07) is 0. The maximum Gasteiger partial charge on any atom is 0.122 e. The zero-order valence-electron chi connectivity index (χ0n) is 10.6. The minimum Gasteiger partial charge on any atom is -0.243 e. The van der Waals surface area contributed by atoms with Crippen LogP contribution in [0.2, 0.25) is 0 Å². The summed E-state index contributed by atoms with van der Waals surface area (Å²) in [6.45, 7) is 9.96. The highest BCUT2D eigenvalue weighted by Crippen LogP contribution is 2.21. The molecule has 0 aromatic heterocycles. The van der Waals surface area contributed by atoms with E-state index >= 15 is 0 Å². The van der Waals surface area contributed by atoms with Crippen molar-refractivity contribution >= 4 is 0 Å². The van der Waals surface area contributed by atoms with Crippen LogP contribution in [0.1, 0.15) is 53.9 Å². The Morgan fingerprint density at radius 3 is 2.27 bits per heavy atom. The van der Waals surface area contributed by atoms with E-state index in [-0.39, 0.29) is 0 Å². The van der Waals surface area contributed by atoms with E-state index in [1.807, 2.05) is 34.6 Å². The van der Waals surface area contributed by atoms with Crippen LogP contribution in [0.25, 0.3) is 0 Å². The summed E-state index contributed by atoms with van der Waals surface area (Å²) in [6.07, 6.45) is 3.31. The van der Waals surface area contributed by atoms with Crippen molar-refractivity contribution in [2.75, 3.05) is 0 Å². The molecule has 2 heteroatoms. The number of rotatable bonds is 1. The van der Waals surface area contributed by atoms with Gasteiger partial charge in [0.15, 0.2) is 0 Å². The Labute approximate surface area is 93.1 Å². The summed E-state index contributed by atoms with van der Waals surface area (Å²) in [5.74, 6) is -0.424. The largest absolute Gasteiger partial charge is 0.243 e. The second-order valence-electron chi connectivity index (χ2n) is 2.76. The summed E-state index contributed by atoms with van der Waals surface area (Å²) in [5, 5.41) is 0. The van der Waals surface area contributed by atoms with Gasteiger partial charge in [0.1, 0.15) is 12.0 Å². The number of halogens is 2. The van der Waals surface area contributed by atoms with Crippen LogP contribution in [0.4, 0.5) is 8.78 Å². The van der Waals surface area contributed by atoms with Gasteiger partial charge in [-0.15, -0.1) is 0 Å². The Hall–Kier alpha value is -0.660. The molecule has 0 aromatic rings. The van der Waals surface area contributed by atoms with Gasteiger partial charge in [-0.05, 0) is 31.4 Å². The van der Waals surface area contributed by atoms with Crippen LogP contribution in [-0.4, -0.2) is 6.17 Å². The molecule has 0 fully saturated rings. The van der Waals surface area contributed by atoms with E-state index < -0.39 is 12.0 Å². The first-order chi connectivity index (χ1) is 7.22. The average Bonchev–Trinajstić information content (AvgIpc) is 2.45. The molecule has 90 valence electrons. The molecule has 0 bridgehead atoms. The standard InChI is InChI=1S/C9H12F2.2C2H6/c1-2-7-3-4-8(10)6-9(11)5-7;2*1-2/h5-6,8H,2-4H2,1H3;2*1-2H3. The average molecular weight is 218 g/mol. The van der Waals surface area contributed by atoms with E-state index in [0.29, 0.717) is 12.8 Å². The monoisotopic (exact) mass is 218 g/mol. The molecule has 0 saturated heterocycles. The molecule has 0 aromatic carbocycles. The maximum absolute atomic E-state index is 12.7. The zero-order chi connectivity index (χ0) is 12.3. The third-order valence-corrected chi connectivity index (χ3v) is 1.88. The smallest absolute Gasteiger partial charge is 0.122 e. The summed E-state index contributed by atoms with van der Waals surface area (Å²) in [5.41, 5.74) is 0.999. The van der Waals surface area contributed by atoms with Gasteiger partial charge in [0.2, 0.25) is 0 Å². The van der Waals surface area contributed by atoms with Gasteiger partial charge in [0.05, 0.1) is 0 Å². The first-order valence-corrected chi connectivity index (χ1v) is 5.93. The molecule has 1 aliphatic carbocycles. The predicted octanol–water partition coefficient (Wildman–Crippen LogP) is 5.36. The maximum atomic E-state index is 12.7. The van der Waals surface area contributed by atoms with E-state index in [1.54, 1.807) is 0 Å². The summed E-state index contributed by atoms with van der Waals surface area (Å²) in [4.78, 5) is 0. The Morgan fingerprint density at radius 1 is 1.27 bits per heavy atom. The lowest BCUT2D eigenvalue weighted by Gasteiger charge is -2.00. The number of hydrogen-bond acceptors (Lipinski definition) is 0. The van der Waals surface area contributed by atoms with Gasteiger partial charge in [-0.2, -0.15) is 0 Å². The van der Waals surface area contributed by atoms with Crippen molar-refractivity contribution in [3.05, 3.63) is 23.6 Å². The Bertz CT molecular complexity index is 193. The second kappa shape index (κ2) is 11.4. The number of allylic oxidation sites excluding steroid dienone is 4. The zero-order valence-corrected chi connectivity index (χ0v) is 10.6. The first-order valence-electron chi connectivity index (χ1n) is 5.93. The molecule has 0 spiro atoms. The topological polar surface area (TPSA) is 0 Å². The van der Waals surface area contributed by atoms with Gasteiger partial charge in [-0.1, -0.05) is 40.2 Å². The van der Waals surface area contributed by atoms with Crippen molar-refractivity contribution in [1.82, 2.24) is 0 Å². The summed E-state index contributed by atoms with van der Waals surface area (Å²) < 4.78 is 25.3. The molecule has 0 radical (unpaired) electrons. The van der Waals surface area contributed by atoms with E-state index in [4.69, 9.17) is 0 Å². The van der Waals surface area contributed by atoms with Gasteiger partial charge in [-0.3, -0.25) is 0 Å². The minimum atomic E-state index is -1.10. The van der Waals surface area contributed by atoms with Crippen LogP contribution in [0.15, 0.2) is 23.6 Å². The lowest BCUT2D eigenvalue weighted by molar-refractivity contribution is 0.375. The van der Waals surface area contributed by atoms with Crippen LogP contribution < -0.4 is 0 Å². The quantitative estimate of drug-likeness (QED) is 0.555. The van der Waals surface area contributed by atoms with Crippen molar-refractivity contribution in [2.45, 2.75) is 60.1 Å². The van der Waals surface area contributed by atoms with Crippen LogP contribution in [-0.2, 0) is 0 Å². The van der Waals surface area contributed by atoms with Gasteiger partial charge in [0.25, 0.3) is 0 Å². The molecule has 0 amide bonds. The molecule has 0 heterocycles. The number of alkyl halides is 1. The molecule has 1 rings (SSSR count). The molecule has 15 heavy (non-hydrogen) atoms. The molecule has 0 N–H and O–H groups in total. The molecule has 0 saturated carbocycles. The Balaban J connectivity index is 0. The van der Waals surface area contributed by atoms with Crippen molar-refractivity contribution in [2.24, 2.45) is 0 Å². The molecule has 0 aliphatic heterocycles. The van der Waals surface area contributed by atoms with Gasteiger partial charge >= 0.3 is 0 Å². The minimum absolute atomic E-state index is 0.424. The molecular weight excluding hydrogens is 194 g/mol. The van der Waals surface area contributed by atoms with E-state index in [2.05, 4.69) is 0 Å². The van der Waals surface area contributed by atoms with Crippen molar-refractivity contribution in [1.29, 1.82) is 0 Å². The second-order valence-corrected chi connectivity index (χ2v) is 2.76. The number of hydrogen-bond donors (Lipinski definition) is 0. The molecule has 1 atom stereocenters. The molecule has 1 aliphatic rings. The van der Waals surface area contributed by atoms with Gasteiger partial charge in [-0.25, -0.2) is 8.78 Å². The SMILES string of the molecule is CC.CC.CCC1=CC(F)=CC(F)CC1. The van der Waals surface area contributed by atoms with Crippen LogP contribution in [0.3, 0.4) is 0 Å². The van der Waals surface area contributed by atoms with Gasteiger partial charge < -0.3 is 0 Å². The third kappa shape index (κ3) is 8.34. The fraction of sp³-hybridized carbons (Fsp3) is 0.692.